The van der Waals surface area contributed by atoms with Crippen molar-refractivity contribution < 1.29 is 13.2 Å². The standard InChI is InChI=1S/C22H22N4O3S/c1-17-3-7-20(8-4-17)26(30(28,29)21-9-5-18(2)6-10-21)16-22(27)25-24-15-19-11-13-23-14-12-19/h3-15H,16H2,1-2H3,(H,25,27)/b24-15-. The predicted molar refractivity (Wildman–Crippen MR) is 117 cm³/mol. The van der Waals surface area contributed by atoms with Gasteiger partial charge in [0.1, 0.15) is 6.54 Å². The van der Waals surface area contributed by atoms with Gasteiger partial charge in [0.25, 0.3) is 15.9 Å². The van der Waals surface area contributed by atoms with E-state index >= 15 is 0 Å². The molecule has 30 heavy (non-hydrogen) atoms. The van der Waals surface area contributed by atoms with Crippen LogP contribution < -0.4 is 9.73 Å². The van der Waals surface area contributed by atoms with Crippen molar-refractivity contribution in [3.63, 3.8) is 0 Å². The fourth-order valence-corrected chi connectivity index (χ4v) is 4.08. The number of pyridine rings is 1. The summed E-state index contributed by atoms with van der Waals surface area (Å²) < 4.78 is 27.6. The van der Waals surface area contributed by atoms with E-state index in [-0.39, 0.29) is 4.90 Å². The fourth-order valence-electron chi connectivity index (χ4n) is 2.66. The highest BCUT2D eigenvalue weighted by Gasteiger charge is 2.27. The second-order valence-corrected chi connectivity index (χ2v) is 8.60. The van der Waals surface area contributed by atoms with E-state index in [1.165, 1.54) is 18.3 Å². The maximum absolute atomic E-state index is 13.3. The summed E-state index contributed by atoms with van der Waals surface area (Å²) >= 11 is 0. The van der Waals surface area contributed by atoms with Crippen LogP contribution in [0, 0.1) is 13.8 Å². The number of aryl methyl sites for hydroxylation is 2. The molecule has 154 valence electrons. The maximum atomic E-state index is 13.3. The van der Waals surface area contributed by atoms with Crippen LogP contribution in [0.15, 0.2) is 83.1 Å². The highest BCUT2D eigenvalue weighted by atomic mass is 32.2. The Kier molecular flexibility index (Phi) is 6.58. The number of hydrazone groups is 1. The minimum Gasteiger partial charge on any atom is -0.271 e. The van der Waals surface area contributed by atoms with Gasteiger partial charge in [-0.1, -0.05) is 35.4 Å². The van der Waals surface area contributed by atoms with E-state index in [0.29, 0.717) is 5.69 Å². The van der Waals surface area contributed by atoms with Gasteiger partial charge in [-0.3, -0.25) is 14.1 Å². The Balaban J connectivity index is 1.84. The molecule has 0 bridgehead atoms. The number of rotatable bonds is 7. The second kappa shape index (κ2) is 9.32. The molecule has 0 atom stereocenters. The van der Waals surface area contributed by atoms with E-state index < -0.39 is 22.5 Å². The van der Waals surface area contributed by atoms with Crippen LogP contribution in [0.3, 0.4) is 0 Å². The molecular weight excluding hydrogens is 400 g/mol. The Bertz CT molecular complexity index is 1130. The lowest BCUT2D eigenvalue weighted by Crippen LogP contribution is -2.39. The average Bonchev–Trinajstić information content (AvgIpc) is 2.74. The molecule has 0 saturated carbocycles. The van der Waals surface area contributed by atoms with Crippen molar-refractivity contribution in [3.8, 4) is 0 Å². The van der Waals surface area contributed by atoms with E-state index in [9.17, 15) is 13.2 Å². The molecule has 1 N–H and O–H groups in total. The molecule has 2 aromatic carbocycles. The summed E-state index contributed by atoms with van der Waals surface area (Å²) in [7, 11) is -3.94. The number of amides is 1. The SMILES string of the molecule is Cc1ccc(N(CC(=O)N/N=C\c2ccncc2)S(=O)(=O)c2ccc(C)cc2)cc1. The van der Waals surface area contributed by atoms with Crippen molar-refractivity contribution in [2.45, 2.75) is 18.7 Å². The Labute approximate surface area is 176 Å². The van der Waals surface area contributed by atoms with Gasteiger partial charge in [-0.25, -0.2) is 13.8 Å². The molecule has 0 saturated heterocycles. The van der Waals surface area contributed by atoms with Crippen molar-refractivity contribution in [3.05, 3.63) is 89.7 Å². The van der Waals surface area contributed by atoms with Crippen LogP contribution in [0.25, 0.3) is 0 Å². The topological polar surface area (TPSA) is 91.7 Å². The number of anilines is 1. The second-order valence-electron chi connectivity index (χ2n) is 6.73. The quantitative estimate of drug-likeness (QED) is 0.468. The Morgan fingerprint density at radius 3 is 2.13 bits per heavy atom. The molecule has 0 spiro atoms. The van der Waals surface area contributed by atoms with Gasteiger partial charge in [-0.2, -0.15) is 5.10 Å². The highest BCUT2D eigenvalue weighted by molar-refractivity contribution is 7.92. The molecule has 7 nitrogen and oxygen atoms in total. The van der Waals surface area contributed by atoms with Crippen LogP contribution in [0.5, 0.6) is 0 Å². The normalized spacial score (nSPS) is 11.4. The van der Waals surface area contributed by atoms with E-state index in [1.807, 2.05) is 13.8 Å². The van der Waals surface area contributed by atoms with Gasteiger partial charge in [0.2, 0.25) is 0 Å². The third-order valence-corrected chi connectivity index (χ3v) is 6.12. The summed E-state index contributed by atoms with van der Waals surface area (Å²) in [5, 5.41) is 3.89. The molecule has 1 amide bonds. The number of nitrogens with zero attached hydrogens (tertiary/aromatic N) is 3. The zero-order valence-electron chi connectivity index (χ0n) is 16.7. The van der Waals surface area contributed by atoms with Crippen LogP contribution in [0.2, 0.25) is 0 Å². The Morgan fingerprint density at radius 1 is 0.967 bits per heavy atom. The molecule has 8 heteroatoms. The van der Waals surface area contributed by atoms with Gasteiger partial charge in [0, 0.05) is 12.4 Å². The first-order chi connectivity index (χ1) is 14.4. The monoisotopic (exact) mass is 422 g/mol. The average molecular weight is 423 g/mol. The maximum Gasteiger partial charge on any atom is 0.264 e. The molecule has 1 aromatic heterocycles. The summed E-state index contributed by atoms with van der Waals surface area (Å²) in [5.41, 5.74) is 5.46. The van der Waals surface area contributed by atoms with Crippen molar-refractivity contribution in [2.24, 2.45) is 5.10 Å². The van der Waals surface area contributed by atoms with Crippen LogP contribution in [-0.2, 0) is 14.8 Å². The summed E-state index contributed by atoms with van der Waals surface area (Å²) in [6.07, 6.45) is 4.68. The Hall–Kier alpha value is -3.52. The molecule has 1 heterocycles. The Morgan fingerprint density at radius 2 is 1.53 bits per heavy atom. The summed E-state index contributed by atoms with van der Waals surface area (Å²) in [4.78, 5) is 16.5. The predicted octanol–water partition coefficient (Wildman–Crippen LogP) is 3.04. The summed E-state index contributed by atoms with van der Waals surface area (Å²) in [5.74, 6) is -0.559. The number of carbonyl (C=O) groups excluding carboxylic acids is 1. The first kappa shape index (κ1) is 21.2. The summed E-state index contributed by atoms with van der Waals surface area (Å²) in [6.45, 7) is 3.37. The molecule has 0 aliphatic heterocycles. The zero-order chi connectivity index (χ0) is 21.6. The lowest BCUT2D eigenvalue weighted by atomic mass is 10.2. The van der Waals surface area contributed by atoms with Gasteiger partial charge in [-0.15, -0.1) is 0 Å². The van der Waals surface area contributed by atoms with Crippen molar-refractivity contribution in [2.75, 3.05) is 10.8 Å². The molecule has 3 rings (SSSR count). The van der Waals surface area contributed by atoms with Gasteiger partial charge in [-0.05, 0) is 55.8 Å². The first-order valence-corrected chi connectivity index (χ1v) is 10.7. The molecular formula is C22H22N4O3S. The highest BCUT2D eigenvalue weighted by Crippen LogP contribution is 2.24. The van der Waals surface area contributed by atoms with Crippen LogP contribution in [-0.4, -0.2) is 32.1 Å². The number of hydrogen-bond acceptors (Lipinski definition) is 5. The van der Waals surface area contributed by atoms with E-state index in [1.54, 1.807) is 60.9 Å². The minimum absolute atomic E-state index is 0.113. The van der Waals surface area contributed by atoms with Crippen LogP contribution >= 0.6 is 0 Å². The number of carbonyl (C=O) groups is 1. The van der Waals surface area contributed by atoms with Gasteiger partial charge in [0.05, 0.1) is 16.8 Å². The summed E-state index contributed by atoms with van der Waals surface area (Å²) in [6, 6.07) is 16.9. The van der Waals surface area contributed by atoms with Crippen molar-refractivity contribution in [1.29, 1.82) is 0 Å². The van der Waals surface area contributed by atoms with E-state index in [2.05, 4.69) is 15.5 Å². The molecule has 0 aliphatic carbocycles. The lowest BCUT2D eigenvalue weighted by Gasteiger charge is -2.24. The van der Waals surface area contributed by atoms with Gasteiger partial charge in [0.15, 0.2) is 0 Å². The first-order valence-electron chi connectivity index (χ1n) is 9.24. The molecule has 3 aromatic rings. The van der Waals surface area contributed by atoms with Crippen LogP contribution in [0.1, 0.15) is 16.7 Å². The minimum atomic E-state index is -3.94. The molecule has 0 fully saturated rings. The van der Waals surface area contributed by atoms with Gasteiger partial charge < -0.3 is 0 Å². The number of sulfonamides is 1. The smallest absolute Gasteiger partial charge is 0.264 e. The molecule has 0 unspecified atom stereocenters. The number of hydrogen-bond donors (Lipinski definition) is 1. The van der Waals surface area contributed by atoms with E-state index in [4.69, 9.17) is 0 Å². The third-order valence-electron chi connectivity index (χ3n) is 4.33. The fraction of sp³-hybridized carbons (Fsp3) is 0.136. The van der Waals surface area contributed by atoms with E-state index in [0.717, 1.165) is 21.0 Å². The third kappa shape index (κ3) is 5.30. The zero-order valence-corrected chi connectivity index (χ0v) is 17.5. The lowest BCUT2D eigenvalue weighted by molar-refractivity contribution is -0.119. The number of benzene rings is 2. The number of nitrogens with one attached hydrogen (secondary N) is 1. The van der Waals surface area contributed by atoms with Crippen LogP contribution in [0.4, 0.5) is 5.69 Å². The number of aromatic nitrogens is 1. The van der Waals surface area contributed by atoms with Gasteiger partial charge >= 0.3 is 0 Å². The van der Waals surface area contributed by atoms with Crippen molar-refractivity contribution in [1.82, 2.24) is 10.4 Å². The van der Waals surface area contributed by atoms with Crippen molar-refractivity contribution >= 4 is 27.8 Å². The largest absolute Gasteiger partial charge is 0.271 e. The molecule has 0 radical (unpaired) electrons. The molecule has 0 aliphatic rings.